The second-order valence-electron chi connectivity index (χ2n) is 5.12. The topological polar surface area (TPSA) is 49.8 Å². The monoisotopic (exact) mass is 277 g/mol. The van der Waals surface area contributed by atoms with Crippen LogP contribution in [0.25, 0.3) is 0 Å². The van der Waals surface area contributed by atoms with Gasteiger partial charge in [0.2, 0.25) is 0 Å². The van der Waals surface area contributed by atoms with Crippen molar-refractivity contribution < 1.29 is 14.6 Å². The Morgan fingerprint density at radius 3 is 2.90 bits per heavy atom. The van der Waals surface area contributed by atoms with E-state index < -0.39 is 0 Å². The summed E-state index contributed by atoms with van der Waals surface area (Å²) in [5.74, 6) is 0.749. The van der Waals surface area contributed by atoms with Gasteiger partial charge in [-0.3, -0.25) is 4.79 Å². The van der Waals surface area contributed by atoms with Crippen LogP contribution in [0.5, 0.6) is 5.75 Å². The van der Waals surface area contributed by atoms with Crippen LogP contribution in [0, 0.1) is 0 Å². The number of rotatable bonds is 7. The van der Waals surface area contributed by atoms with E-state index in [-0.39, 0.29) is 19.1 Å². The molecule has 1 aromatic carbocycles. The van der Waals surface area contributed by atoms with Crippen molar-refractivity contribution in [2.45, 2.75) is 32.6 Å². The van der Waals surface area contributed by atoms with E-state index in [1.54, 1.807) is 4.90 Å². The van der Waals surface area contributed by atoms with Gasteiger partial charge in [-0.1, -0.05) is 6.07 Å². The number of aryl methyl sites for hydroxylation is 2. The zero-order valence-electron chi connectivity index (χ0n) is 12.1. The van der Waals surface area contributed by atoms with Gasteiger partial charge in [0.05, 0.1) is 0 Å². The third-order valence-corrected chi connectivity index (χ3v) is 3.75. The van der Waals surface area contributed by atoms with Crippen LogP contribution in [0.15, 0.2) is 18.2 Å². The second kappa shape index (κ2) is 7.29. The number of fused-ring (bicyclic) bond motifs is 1. The first kappa shape index (κ1) is 14.9. The second-order valence-corrected chi connectivity index (χ2v) is 5.12. The Morgan fingerprint density at radius 1 is 1.35 bits per heavy atom. The quantitative estimate of drug-likeness (QED) is 0.826. The predicted molar refractivity (Wildman–Crippen MR) is 77.9 cm³/mol. The molecular formula is C16H23NO3. The molecule has 4 nitrogen and oxygen atoms in total. The predicted octanol–water partition coefficient (Wildman–Crippen LogP) is 1.78. The minimum atomic E-state index is -0.0264. The molecule has 1 aromatic rings. The molecular weight excluding hydrogens is 254 g/mol. The summed E-state index contributed by atoms with van der Waals surface area (Å²) in [6.45, 7) is 3.34. The van der Waals surface area contributed by atoms with Gasteiger partial charge in [0, 0.05) is 19.7 Å². The number of hydrogen-bond acceptors (Lipinski definition) is 3. The molecule has 0 radical (unpaired) electrons. The van der Waals surface area contributed by atoms with Crippen molar-refractivity contribution in [2.75, 3.05) is 26.3 Å². The molecule has 110 valence electrons. The molecule has 1 amide bonds. The molecule has 0 aliphatic heterocycles. The number of aliphatic hydroxyl groups excluding tert-OH is 1. The van der Waals surface area contributed by atoms with E-state index in [2.05, 4.69) is 12.1 Å². The van der Waals surface area contributed by atoms with E-state index in [4.69, 9.17) is 9.84 Å². The van der Waals surface area contributed by atoms with Crippen molar-refractivity contribution in [1.82, 2.24) is 4.90 Å². The van der Waals surface area contributed by atoms with E-state index in [0.29, 0.717) is 19.5 Å². The maximum absolute atomic E-state index is 12.0. The number of hydrogen-bond donors (Lipinski definition) is 1. The molecule has 1 aliphatic carbocycles. The molecule has 0 aromatic heterocycles. The summed E-state index contributed by atoms with van der Waals surface area (Å²) in [4.78, 5) is 13.7. The van der Waals surface area contributed by atoms with Crippen LogP contribution in [0.2, 0.25) is 0 Å². The minimum absolute atomic E-state index is 0.0264. The number of amides is 1. The molecule has 0 bridgehead atoms. The standard InChI is InChI=1S/C16H23NO3/c1-2-17(9-4-10-18)16(19)12-20-15-8-7-13-5-3-6-14(13)11-15/h7-8,11,18H,2-6,9-10,12H2,1H3. The zero-order valence-corrected chi connectivity index (χ0v) is 12.1. The summed E-state index contributed by atoms with van der Waals surface area (Å²) in [7, 11) is 0. The Hall–Kier alpha value is -1.55. The van der Waals surface area contributed by atoms with Gasteiger partial charge in [-0.05, 0) is 55.9 Å². The van der Waals surface area contributed by atoms with E-state index in [0.717, 1.165) is 18.6 Å². The molecule has 0 fully saturated rings. The van der Waals surface area contributed by atoms with Gasteiger partial charge in [0.1, 0.15) is 5.75 Å². The Kier molecular flexibility index (Phi) is 5.41. The van der Waals surface area contributed by atoms with Crippen LogP contribution in [0.3, 0.4) is 0 Å². The van der Waals surface area contributed by atoms with Crippen molar-refractivity contribution in [1.29, 1.82) is 0 Å². The van der Waals surface area contributed by atoms with Crippen LogP contribution >= 0.6 is 0 Å². The van der Waals surface area contributed by atoms with E-state index in [9.17, 15) is 4.79 Å². The Labute approximate surface area is 120 Å². The average molecular weight is 277 g/mol. The highest BCUT2D eigenvalue weighted by molar-refractivity contribution is 5.77. The summed E-state index contributed by atoms with van der Waals surface area (Å²) >= 11 is 0. The molecule has 0 saturated carbocycles. The number of carbonyl (C=O) groups is 1. The average Bonchev–Trinajstić information content (AvgIpc) is 2.93. The van der Waals surface area contributed by atoms with Crippen molar-refractivity contribution in [3.63, 3.8) is 0 Å². The van der Waals surface area contributed by atoms with Gasteiger partial charge in [0.15, 0.2) is 6.61 Å². The summed E-state index contributed by atoms with van der Waals surface area (Å²) in [5, 5.41) is 8.82. The number of nitrogens with zero attached hydrogens (tertiary/aromatic N) is 1. The molecule has 0 spiro atoms. The van der Waals surface area contributed by atoms with Gasteiger partial charge >= 0.3 is 0 Å². The van der Waals surface area contributed by atoms with Crippen LogP contribution in [0.1, 0.15) is 30.9 Å². The molecule has 0 atom stereocenters. The van der Waals surface area contributed by atoms with E-state index in [1.165, 1.54) is 17.5 Å². The van der Waals surface area contributed by atoms with Gasteiger partial charge < -0.3 is 14.7 Å². The van der Waals surface area contributed by atoms with Crippen LogP contribution in [-0.2, 0) is 17.6 Å². The molecule has 0 saturated heterocycles. The number of ether oxygens (including phenoxy) is 1. The number of aliphatic hydroxyl groups is 1. The number of likely N-dealkylation sites (N-methyl/N-ethyl adjacent to an activating group) is 1. The van der Waals surface area contributed by atoms with Gasteiger partial charge in [-0.2, -0.15) is 0 Å². The zero-order chi connectivity index (χ0) is 14.4. The molecule has 0 unspecified atom stereocenters. The lowest BCUT2D eigenvalue weighted by Crippen LogP contribution is -2.35. The van der Waals surface area contributed by atoms with Crippen LogP contribution < -0.4 is 4.74 Å². The maximum atomic E-state index is 12.0. The smallest absolute Gasteiger partial charge is 0.260 e. The van der Waals surface area contributed by atoms with Gasteiger partial charge in [-0.15, -0.1) is 0 Å². The highest BCUT2D eigenvalue weighted by Gasteiger charge is 2.14. The number of benzene rings is 1. The third-order valence-electron chi connectivity index (χ3n) is 3.75. The highest BCUT2D eigenvalue weighted by Crippen LogP contribution is 2.25. The highest BCUT2D eigenvalue weighted by atomic mass is 16.5. The molecule has 20 heavy (non-hydrogen) atoms. The Balaban J connectivity index is 1.86. The van der Waals surface area contributed by atoms with E-state index in [1.807, 2.05) is 13.0 Å². The van der Waals surface area contributed by atoms with Crippen molar-refractivity contribution in [3.8, 4) is 5.75 Å². The Bertz CT molecular complexity index is 459. The lowest BCUT2D eigenvalue weighted by molar-refractivity contribution is -0.133. The van der Waals surface area contributed by atoms with Crippen molar-refractivity contribution >= 4 is 5.91 Å². The fraction of sp³-hybridized carbons (Fsp3) is 0.562. The van der Waals surface area contributed by atoms with Crippen LogP contribution in [0.4, 0.5) is 0 Å². The van der Waals surface area contributed by atoms with Gasteiger partial charge in [-0.25, -0.2) is 0 Å². The molecule has 4 heteroatoms. The fourth-order valence-corrected chi connectivity index (χ4v) is 2.60. The molecule has 2 rings (SSSR count). The largest absolute Gasteiger partial charge is 0.484 e. The molecule has 1 aliphatic rings. The lowest BCUT2D eigenvalue weighted by atomic mass is 10.1. The summed E-state index contributed by atoms with van der Waals surface area (Å²) in [5.41, 5.74) is 2.75. The SMILES string of the molecule is CCN(CCCO)C(=O)COc1ccc2c(c1)CCC2. The molecule has 0 heterocycles. The van der Waals surface area contributed by atoms with E-state index >= 15 is 0 Å². The normalized spacial score (nSPS) is 13.1. The van der Waals surface area contributed by atoms with Crippen molar-refractivity contribution in [2.24, 2.45) is 0 Å². The van der Waals surface area contributed by atoms with Crippen LogP contribution in [-0.4, -0.2) is 42.2 Å². The first-order valence-corrected chi connectivity index (χ1v) is 7.38. The lowest BCUT2D eigenvalue weighted by Gasteiger charge is -2.20. The number of carbonyl (C=O) groups excluding carboxylic acids is 1. The fourth-order valence-electron chi connectivity index (χ4n) is 2.60. The summed E-state index contributed by atoms with van der Waals surface area (Å²) in [6.07, 6.45) is 4.08. The first-order valence-electron chi connectivity index (χ1n) is 7.38. The first-order chi connectivity index (χ1) is 9.74. The maximum Gasteiger partial charge on any atom is 0.260 e. The summed E-state index contributed by atoms with van der Waals surface area (Å²) < 4.78 is 5.60. The minimum Gasteiger partial charge on any atom is -0.484 e. The third kappa shape index (κ3) is 3.73. The van der Waals surface area contributed by atoms with Crippen molar-refractivity contribution in [3.05, 3.63) is 29.3 Å². The summed E-state index contributed by atoms with van der Waals surface area (Å²) in [6, 6.07) is 6.10. The molecule has 1 N–H and O–H groups in total. The Morgan fingerprint density at radius 2 is 2.15 bits per heavy atom. The van der Waals surface area contributed by atoms with Gasteiger partial charge in [0.25, 0.3) is 5.91 Å².